The second-order valence-corrected chi connectivity index (χ2v) is 9.39. The minimum Gasteiger partial charge on any atom is -0.497 e. The molecule has 0 aliphatic heterocycles. The predicted octanol–water partition coefficient (Wildman–Crippen LogP) is 4.47. The molecular weight excluding hydrogens is 476 g/mol. The highest BCUT2D eigenvalue weighted by molar-refractivity contribution is 7.89. The molecule has 0 atom stereocenters. The van der Waals surface area contributed by atoms with Crippen molar-refractivity contribution < 1.29 is 17.9 Å². The number of carbonyl (C=O) groups excluding carboxylic acids is 1. The van der Waals surface area contributed by atoms with Crippen molar-refractivity contribution in [2.45, 2.75) is 11.3 Å². The number of halogens is 1. The van der Waals surface area contributed by atoms with Crippen molar-refractivity contribution >= 4 is 55.6 Å². The van der Waals surface area contributed by atoms with Crippen LogP contribution in [0.2, 0.25) is 5.02 Å². The van der Waals surface area contributed by atoms with Crippen molar-refractivity contribution in [1.82, 2.24) is 4.98 Å². The highest BCUT2D eigenvalue weighted by atomic mass is 35.5. The number of nitrogens with one attached hydrogen (secondary N) is 2. The zero-order valence-electron chi connectivity index (χ0n) is 18.1. The van der Waals surface area contributed by atoms with E-state index in [-0.39, 0.29) is 22.9 Å². The fraction of sp³-hybridized carbons (Fsp3) is 0.0833. The highest BCUT2D eigenvalue weighted by Crippen LogP contribution is 2.28. The summed E-state index contributed by atoms with van der Waals surface area (Å²) >= 11 is 6.14. The minimum atomic E-state index is -4.08. The number of primary sulfonamides is 1. The molecule has 4 N–H and O–H groups in total. The lowest BCUT2D eigenvalue weighted by Gasteiger charge is -2.12. The van der Waals surface area contributed by atoms with Gasteiger partial charge in [-0.1, -0.05) is 29.8 Å². The van der Waals surface area contributed by atoms with Crippen LogP contribution >= 0.6 is 11.6 Å². The number of pyridine rings is 1. The molecule has 34 heavy (non-hydrogen) atoms. The Morgan fingerprint density at radius 1 is 1.03 bits per heavy atom. The van der Waals surface area contributed by atoms with Crippen LogP contribution in [-0.4, -0.2) is 26.4 Å². The van der Waals surface area contributed by atoms with Gasteiger partial charge in [-0.2, -0.15) is 0 Å². The molecule has 1 amide bonds. The van der Waals surface area contributed by atoms with Crippen LogP contribution in [-0.2, 0) is 21.2 Å². The van der Waals surface area contributed by atoms with Crippen LogP contribution in [0, 0.1) is 0 Å². The number of aromatic nitrogens is 1. The van der Waals surface area contributed by atoms with E-state index in [0.717, 1.165) is 5.69 Å². The van der Waals surface area contributed by atoms with E-state index in [0.29, 0.717) is 33.1 Å². The number of benzene rings is 3. The number of carbonyl (C=O) groups is 1. The molecule has 0 aliphatic carbocycles. The molecule has 8 nitrogen and oxygen atoms in total. The van der Waals surface area contributed by atoms with Gasteiger partial charge in [-0.05, 0) is 60.2 Å². The molecule has 0 unspecified atom stereocenters. The third kappa shape index (κ3) is 5.45. The van der Waals surface area contributed by atoms with Crippen LogP contribution in [0.4, 0.5) is 17.2 Å². The van der Waals surface area contributed by atoms with Gasteiger partial charge in [0.15, 0.2) is 0 Å². The Bertz CT molecular complexity index is 1470. The summed E-state index contributed by atoms with van der Waals surface area (Å²) in [5.41, 5.74) is 2.02. The highest BCUT2D eigenvalue weighted by Gasteiger charge is 2.17. The van der Waals surface area contributed by atoms with E-state index in [1.165, 1.54) is 6.07 Å². The van der Waals surface area contributed by atoms with Crippen molar-refractivity contribution in [3.8, 4) is 5.75 Å². The van der Waals surface area contributed by atoms with E-state index in [1.807, 2.05) is 12.1 Å². The number of hydrogen-bond acceptors (Lipinski definition) is 6. The molecule has 0 fully saturated rings. The molecule has 174 valence electrons. The Morgan fingerprint density at radius 2 is 1.76 bits per heavy atom. The Morgan fingerprint density at radius 3 is 2.44 bits per heavy atom. The van der Waals surface area contributed by atoms with Gasteiger partial charge in [0.25, 0.3) is 0 Å². The molecule has 0 saturated heterocycles. The summed E-state index contributed by atoms with van der Waals surface area (Å²) in [5, 5.41) is 12.1. The Balaban J connectivity index is 1.66. The zero-order chi connectivity index (χ0) is 24.3. The van der Waals surface area contributed by atoms with Crippen molar-refractivity contribution in [2.24, 2.45) is 5.14 Å². The Labute approximate surface area is 201 Å². The van der Waals surface area contributed by atoms with Crippen molar-refractivity contribution in [3.05, 3.63) is 83.4 Å². The first-order valence-electron chi connectivity index (χ1n) is 10.1. The lowest BCUT2D eigenvalue weighted by atomic mass is 10.1. The van der Waals surface area contributed by atoms with Gasteiger partial charge in [0.05, 0.1) is 23.9 Å². The van der Waals surface area contributed by atoms with E-state index in [1.54, 1.807) is 61.7 Å². The summed E-state index contributed by atoms with van der Waals surface area (Å²) in [7, 11) is -2.49. The number of ether oxygens (including phenoxy) is 1. The summed E-state index contributed by atoms with van der Waals surface area (Å²) in [6, 6.07) is 20.4. The topological polar surface area (TPSA) is 123 Å². The molecule has 4 aromatic rings. The number of anilines is 3. The number of hydrogen-bond donors (Lipinski definition) is 3. The van der Waals surface area contributed by atoms with Gasteiger partial charge in [0, 0.05) is 21.8 Å². The molecule has 10 heteroatoms. The minimum absolute atomic E-state index is 0.0227. The number of fused-ring (bicyclic) bond motifs is 1. The van der Waals surface area contributed by atoms with Crippen LogP contribution < -0.4 is 20.5 Å². The number of amides is 1. The number of sulfonamides is 1. The Kier molecular flexibility index (Phi) is 6.69. The van der Waals surface area contributed by atoms with Gasteiger partial charge in [0.2, 0.25) is 15.9 Å². The zero-order valence-corrected chi connectivity index (χ0v) is 19.7. The van der Waals surface area contributed by atoms with Gasteiger partial charge in [-0.3, -0.25) is 4.79 Å². The Hall–Kier alpha value is -3.66. The monoisotopic (exact) mass is 496 g/mol. The number of methoxy groups -OCH3 is 1. The fourth-order valence-corrected chi connectivity index (χ4v) is 4.39. The average molecular weight is 497 g/mol. The molecule has 1 aromatic heterocycles. The van der Waals surface area contributed by atoms with Crippen molar-refractivity contribution in [2.75, 3.05) is 17.7 Å². The van der Waals surface area contributed by atoms with E-state index < -0.39 is 10.0 Å². The fourth-order valence-electron chi connectivity index (χ4n) is 3.42. The van der Waals surface area contributed by atoms with Crippen LogP contribution in [0.5, 0.6) is 5.75 Å². The molecule has 0 radical (unpaired) electrons. The SMILES string of the molecule is COc1ccc(Nc2ccc3c(S(N)(=O)=O)cc(NC(=O)Cc4ccccc4Cl)cc3n2)cc1. The largest absolute Gasteiger partial charge is 0.497 e. The maximum absolute atomic E-state index is 12.6. The smallest absolute Gasteiger partial charge is 0.238 e. The summed E-state index contributed by atoms with van der Waals surface area (Å²) in [5.74, 6) is 0.838. The van der Waals surface area contributed by atoms with Crippen molar-refractivity contribution in [1.29, 1.82) is 0 Å². The number of rotatable bonds is 7. The summed E-state index contributed by atoms with van der Waals surface area (Å²) in [6.07, 6.45) is 0.0227. The first-order valence-corrected chi connectivity index (χ1v) is 12.1. The van der Waals surface area contributed by atoms with Gasteiger partial charge in [-0.25, -0.2) is 18.5 Å². The second-order valence-electron chi connectivity index (χ2n) is 7.45. The third-order valence-electron chi connectivity index (χ3n) is 5.03. The van der Waals surface area contributed by atoms with E-state index in [4.69, 9.17) is 21.5 Å². The molecule has 0 bridgehead atoms. The third-order valence-corrected chi connectivity index (χ3v) is 6.35. The van der Waals surface area contributed by atoms with Crippen LogP contribution in [0.15, 0.2) is 77.7 Å². The van der Waals surface area contributed by atoms with Gasteiger partial charge in [-0.15, -0.1) is 0 Å². The normalized spacial score (nSPS) is 11.3. The molecule has 0 saturated carbocycles. The average Bonchev–Trinajstić information content (AvgIpc) is 2.80. The summed E-state index contributed by atoms with van der Waals surface area (Å²) in [6.45, 7) is 0. The van der Waals surface area contributed by atoms with Crippen LogP contribution in [0.3, 0.4) is 0 Å². The standard InChI is InChI=1S/C24H21ClN4O4S/c1-33-18-8-6-16(7-9-18)27-23-11-10-19-21(29-23)13-17(14-22(19)34(26,31)32)28-24(30)12-15-4-2-3-5-20(15)25/h2-11,13-14H,12H2,1H3,(H,27,29)(H,28,30)(H2,26,31,32). The summed E-state index contributed by atoms with van der Waals surface area (Å²) in [4.78, 5) is 17.0. The first kappa shape index (κ1) is 23.5. The molecular formula is C24H21ClN4O4S. The maximum atomic E-state index is 12.6. The lowest BCUT2D eigenvalue weighted by molar-refractivity contribution is -0.115. The molecule has 0 spiro atoms. The van der Waals surface area contributed by atoms with E-state index in [2.05, 4.69) is 15.6 Å². The van der Waals surface area contributed by atoms with Gasteiger partial charge in [0.1, 0.15) is 11.6 Å². The molecule has 1 heterocycles. The first-order chi connectivity index (χ1) is 16.2. The van der Waals surface area contributed by atoms with Crippen LogP contribution in [0.25, 0.3) is 10.9 Å². The predicted molar refractivity (Wildman–Crippen MR) is 133 cm³/mol. The van der Waals surface area contributed by atoms with Gasteiger partial charge >= 0.3 is 0 Å². The summed E-state index contributed by atoms with van der Waals surface area (Å²) < 4.78 is 29.7. The van der Waals surface area contributed by atoms with Gasteiger partial charge < -0.3 is 15.4 Å². The number of nitrogens with zero attached hydrogens (tertiary/aromatic N) is 1. The van der Waals surface area contributed by atoms with E-state index in [9.17, 15) is 13.2 Å². The lowest BCUT2D eigenvalue weighted by Crippen LogP contribution is -2.17. The number of nitrogens with two attached hydrogens (primary N) is 1. The van der Waals surface area contributed by atoms with Crippen LogP contribution in [0.1, 0.15) is 5.56 Å². The quantitative estimate of drug-likeness (QED) is 0.347. The van der Waals surface area contributed by atoms with Crippen molar-refractivity contribution in [3.63, 3.8) is 0 Å². The molecule has 4 rings (SSSR count). The second kappa shape index (κ2) is 9.68. The molecule has 0 aliphatic rings. The van der Waals surface area contributed by atoms with E-state index >= 15 is 0 Å². The maximum Gasteiger partial charge on any atom is 0.238 e. The molecule has 3 aromatic carbocycles.